The number of H-pyrrole nitrogens is 1. The number of ketones is 1. The summed E-state index contributed by atoms with van der Waals surface area (Å²) in [6, 6.07) is 0. The molecule has 0 saturated carbocycles. The molecule has 2 N–H and O–H groups in total. The number of Topliss-reactive ketones (excluding diaryl/α,β-unsaturated/α-hetero) is 1. The van der Waals surface area contributed by atoms with E-state index in [1.807, 2.05) is 12.4 Å². The molecular weight excluding hydrogens is 332 g/mol. The molecule has 1 saturated heterocycles. The zero-order valence-corrected chi connectivity index (χ0v) is 15.4. The predicted octanol–water partition coefficient (Wildman–Crippen LogP) is 0.731. The van der Waals surface area contributed by atoms with Gasteiger partial charge >= 0.3 is 0 Å². The van der Waals surface area contributed by atoms with Crippen LogP contribution in [0.1, 0.15) is 44.0 Å². The smallest absolute Gasteiger partial charge is 0.225 e. The first-order chi connectivity index (χ1) is 12.7. The van der Waals surface area contributed by atoms with Crippen molar-refractivity contribution in [3.8, 4) is 0 Å². The van der Waals surface area contributed by atoms with Crippen molar-refractivity contribution in [2.24, 2.45) is 5.92 Å². The van der Waals surface area contributed by atoms with Gasteiger partial charge in [-0.15, -0.1) is 5.10 Å². The van der Waals surface area contributed by atoms with Gasteiger partial charge in [0.1, 0.15) is 5.78 Å². The molecule has 9 nitrogen and oxygen atoms in total. The summed E-state index contributed by atoms with van der Waals surface area (Å²) in [5.41, 5.74) is 0.979. The highest BCUT2D eigenvalue weighted by Crippen LogP contribution is 2.30. The highest BCUT2D eigenvalue weighted by atomic mass is 16.1. The molecule has 1 aliphatic rings. The first-order valence-electron chi connectivity index (χ1n) is 9.19. The van der Waals surface area contributed by atoms with Crippen molar-refractivity contribution in [1.82, 2.24) is 35.9 Å². The molecule has 0 unspecified atom stereocenters. The molecule has 2 aromatic heterocycles. The number of tetrazole rings is 1. The molecule has 2 atom stereocenters. The first-order valence-corrected chi connectivity index (χ1v) is 9.19. The lowest BCUT2D eigenvalue weighted by Crippen LogP contribution is -2.44. The second kappa shape index (κ2) is 8.79. The summed E-state index contributed by atoms with van der Waals surface area (Å²) in [5.74, 6) is 1.33. The van der Waals surface area contributed by atoms with Crippen LogP contribution in [0.3, 0.4) is 0 Å². The number of carbonyl (C=O) groups excluding carboxylic acids is 1. The second-order valence-corrected chi connectivity index (χ2v) is 6.73. The Bertz CT molecular complexity index is 681. The predicted molar refractivity (Wildman–Crippen MR) is 96.8 cm³/mol. The fraction of sp³-hybridized carbons (Fsp3) is 0.647. The van der Waals surface area contributed by atoms with Gasteiger partial charge in [-0.3, -0.25) is 4.79 Å². The Labute approximate surface area is 153 Å². The van der Waals surface area contributed by atoms with Crippen LogP contribution in [0.5, 0.6) is 0 Å². The van der Waals surface area contributed by atoms with E-state index in [1.165, 1.54) is 0 Å². The average Bonchev–Trinajstić information content (AvgIpc) is 3.20. The summed E-state index contributed by atoms with van der Waals surface area (Å²) in [6.45, 7) is 7.44. The number of rotatable bonds is 8. The third-order valence-corrected chi connectivity index (χ3v) is 4.87. The number of nitrogens with one attached hydrogen (secondary N) is 2. The summed E-state index contributed by atoms with van der Waals surface area (Å²) in [5, 5.41) is 17.6. The van der Waals surface area contributed by atoms with E-state index in [0.29, 0.717) is 12.2 Å². The van der Waals surface area contributed by atoms with Crippen LogP contribution in [-0.4, -0.2) is 62.6 Å². The number of piperazine rings is 1. The van der Waals surface area contributed by atoms with Crippen LogP contribution < -0.4 is 10.2 Å². The van der Waals surface area contributed by atoms with Crippen LogP contribution in [0.25, 0.3) is 0 Å². The molecule has 9 heteroatoms. The lowest BCUT2D eigenvalue weighted by molar-refractivity contribution is -0.121. The molecule has 3 rings (SSSR count). The molecule has 0 spiro atoms. The maximum atomic E-state index is 12.2. The molecule has 26 heavy (non-hydrogen) atoms. The van der Waals surface area contributed by atoms with Crippen molar-refractivity contribution in [2.45, 2.75) is 39.0 Å². The molecular formula is C17H26N8O. The minimum atomic E-state index is -0.123. The van der Waals surface area contributed by atoms with Crippen LogP contribution >= 0.6 is 0 Å². The Kier molecular flexibility index (Phi) is 6.21. The van der Waals surface area contributed by atoms with E-state index in [9.17, 15) is 4.79 Å². The molecule has 0 aromatic carbocycles. The first kappa shape index (κ1) is 18.4. The van der Waals surface area contributed by atoms with Crippen molar-refractivity contribution in [3.63, 3.8) is 0 Å². The van der Waals surface area contributed by atoms with Gasteiger partial charge in [0.05, 0.1) is 0 Å². The molecule has 140 valence electrons. The van der Waals surface area contributed by atoms with Crippen molar-refractivity contribution in [2.75, 3.05) is 31.1 Å². The number of hydrogen-bond donors (Lipinski definition) is 2. The van der Waals surface area contributed by atoms with Gasteiger partial charge in [0, 0.05) is 50.4 Å². The Morgan fingerprint density at radius 2 is 2.00 bits per heavy atom. The van der Waals surface area contributed by atoms with Gasteiger partial charge in [-0.25, -0.2) is 15.1 Å². The average molecular weight is 358 g/mol. The molecule has 0 bridgehead atoms. The number of carbonyl (C=O) groups is 1. The van der Waals surface area contributed by atoms with E-state index in [-0.39, 0.29) is 17.6 Å². The number of aromatic nitrogens is 6. The van der Waals surface area contributed by atoms with Crippen LogP contribution in [0.2, 0.25) is 0 Å². The van der Waals surface area contributed by atoms with Crippen LogP contribution in [0, 0.1) is 5.92 Å². The Morgan fingerprint density at radius 3 is 2.58 bits per heavy atom. The lowest BCUT2D eigenvalue weighted by atomic mass is 9.81. The summed E-state index contributed by atoms with van der Waals surface area (Å²) in [7, 11) is 0. The molecule has 2 aromatic rings. The zero-order valence-electron chi connectivity index (χ0n) is 15.4. The van der Waals surface area contributed by atoms with E-state index in [2.05, 4.69) is 47.7 Å². The van der Waals surface area contributed by atoms with Gasteiger partial charge in [-0.2, -0.15) is 0 Å². The van der Waals surface area contributed by atoms with E-state index >= 15 is 0 Å². The Hall–Kier alpha value is -2.42. The lowest BCUT2D eigenvalue weighted by Gasteiger charge is -2.27. The maximum Gasteiger partial charge on any atom is 0.225 e. The summed E-state index contributed by atoms with van der Waals surface area (Å²) in [6.07, 6.45) is 6.07. The van der Waals surface area contributed by atoms with Crippen LogP contribution in [0.4, 0.5) is 5.95 Å². The number of nitrogens with zero attached hydrogens (tertiary/aromatic N) is 6. The molecule has 1 aliphatic heterocycles. The zero-order chi connectivity index (χ0) is 18.4. The van der Waals surface area contributed by atoms with Crippen LogP contribution in [-0.2, 0) is 11.2 Å². The number of anilines is 1. The van der Waals surface area contributed by atoms with E-state index < -0.39 is 0 Å². The normalized spacial score (nSPS) is 17.1. The van der Waals surface area contributed by atoms with Crippen molar-refractivity contribution < 1.29 is 4.79 Å². The van der Waals surface area contributed by atoms with Gasteiger partial charge in [0.25, 0.3) is 0 Å². The number of aromatic amines is 1. The van der Waals surface area contributed by atoms with Gasteiger partial charge in [-0.05, 0) is 35.8 Å². The van der Waals surface area contributed by atoms with Crippen LogP contribution in [0.15, 0.2) is 12.4 Å². The van der Waals surface area contributed by atoms with Crippen molar-refractivity contribution in [3.05, 3.63) is 23.8 Å². The highest BCUT2D eigenvalue weighted by molar-refractivity contribution is 5.79. The third-order valence-electron chi connectivity index (χ3n) is 4.87. The SMILES string of the molecule is CCC[C@H](C(C)=O)[C@H](Cc1cnc(N2CCNCC2)nc1)c1nnn[nH]1. The number of hydrogen-bond acceptors (Lipinski definition) is 8. The Morgan fingerprint density at radius 1 is 1.27 bits per heavy atom. The Balaban J connectivity index is 1.77. The minimum Gasteiger partial charge on any atom is -0.338 e. The molecule has 1 fully saturated rings. The summed E-state index contributed by atoms with van der Waals surface area (Å²) < 4.78 is 0. The summed E-state index contributed by atoms with van der Waals surface area (Å²) >= 11 is 0. The second-order valence-electron chi connectivity index (χ2n) is 6.73. The third kappa shape index (κ3) is 4.40. The monoisotopic (exact) mass is 358 g/mol. The molecule has 0 aliphatic carbocycles. The standard InChI is InChI=1S/C17H26N8O/c1-3-4-14(12(2)26)15(16-21-23-24-22-16)9-13-10-19-17(20-11-13)25-7-5-18-6-8-25/h10-11,14-15,18H,3-9H2,1-2H3,(H,21,22,23,24)/t14-,15+/m1/s1. The van der Waals surface area contributed by atoms with Gasteiger partial charge in [-0.1, -0.05) is 13.3 Å². The molecule has 0 amide bonds. The quantitative estimate of drug-likeness (QED) is 0.710. The van der Waals surface area contributed by atoms with Crippen molar-refractivity contribution >= 4 is 11.7 Å². The van der Waals surface area contributed by atoms with E-state index in [1.54, 1.807) is 6.92 Å². The topological polar surface area (TPSA) is 113 Å². The van der Waals surface area contributed by atoms with Gasteiger partial charge < -0.3 is 10.2 Å². The fourth-order valence-corrected chi connectivity index (χ4v) is 3.49. The molecule has 0 radical (unpaired) electrons. The van der Waals surface area contributed by atoms with E-state index in [0.717, 1.165) is 50.5 Å². The largest absolute Gasteiger partial charge is 0.338 e. The van der Waals surface area contributed by atoms with Gasteiger partial charge in [0.15, 0.2) is 5.82 Å². The van der Waals surface area contributed by atoms with E-state index in [4.69, 9.17) is 0 Å². The molecule has 3 heterocycles. The summed E-state index contributed by atoms with van der Waals surface area (Å²) in [4.78, 5) is 23.4. The fourth-order valence-electron chi connectivity index (χ4n) is 3.49. The highest BCUT2D eigenvalue weighted by Gasteiger charge is 2.29. The maximum absolute atomic E-state index is 12.2. The minimum absolute atomic E-state index is 0.101. The van der Waals surface area contributed by atoms with Gasteiger partial charge in [0.2, 0.25) is 5.95 Å². The van der Waals surface area contributed by atoms with Crippen molar-refractivity contribution in [1.29, 1.82) is 0 Å².